The molecule has 11 nitrogen and oxygen atoms in total. The molecular formula is C25H23F6N5O6. The Labute approximate surface area is 233 Å². The SMILES string of the molecule is O=C(C(=O)C(F)(F)F)C(F)(F)F.O=C(O)CC(NC(=O)CNC(=O)c1cccc(NC2=NCCC2)c1)c1cccnc1. The summed E-state index contributed by atoms with van der Waals surface area (Å²) in [5, 5.41) is 17.5. The first-order chi connectivity index (χ1) is 19.6. The second kappa shape index (κ2) is 14.7. The van der Waals surface area contributed by atoms with E-state index in [1.165, 1.54) is 6.20 Å². The normalized spacial score (nSPS) is 13.5. The number of amidine groups is 1. The molecule has 0 fully saturated rings. The molecule has 3 rings (SSSR count). The number of halogens is 6. The quantitative estimate of drug-likeness (QED) is 0.251. The molecule has 0 spiro atoms. The van der Waals surface area contributed by atoms with Gasteiger partial charge in [-0.05, 0) is 36.2 Å². The van der Waals surface area contributed by atoms with Gasteiger partial charge in [-0.1, -0.05) is 12.1 Å². The number of carboxylic acids is 1. The van der Waals surface area contributed by atoms with Gasteiger partial charge in [-0.15, -0.1) is 0 Å². The Morgan fingerprint density at radius 2 is 1.62 bits per heavy atom. The molecule has 1 aromatic carbocycles. The molecule has 0 aliphatic carbocycles. The van der Waals surface area contributed by atoms with E-state index in [1.807, 2.05) is 6.07 Å². The molecule has 2 heterocycles. The minimum atomic E-state index is -5.77. The van der Waals surface area contributed by atoms with Gasteiger partial charge in [0.25, 0.3) is 5.91 Å². The van der Waals surface area contributed by atoms with Crippen molar-refractivity contribution in [3.05, 3.63) is 59.9 Å². The van der Waals surface area contributed by atoms with E-state index in [-0.39, 0.29) is 13.0 Å². The number of nitrogens with one attached hydrogen (secondary N) is 3. The molecule has 226 valence electrons. The van der Waals surface area contributed by atoms with E-state index in [4.69, 9.17) is 5.11 Å². The van der Waals surface area contributed by atoms with Crippen LogP contribution in [0.25, 0.3) is 0 Å². The van der Waals surface area contributed by atoms with E-state index in [9.17, 15) is 50.3 Å². The summed E-state index contributed by atoms with van der Waals surface area (Å²) >= 11 is 0. The fourth-order valence-electron chi connectivity index (χ4n) is 3.32. The predicted octanol–water partition coefficient (Wildman–Crippen LogP) is 3.00. The van der Waals surface area contributed by atoms with Crippen molar-refractivity contribution >= 4 is 40.9 Å². The van der Waals surface area contributed by atoms with E-state index in [2.05, 4.69) is 25.9 Å². The van der Waals surface area contributed by atoms with Crippen LogP contribution in [0.5, 0.6) is 0 Å². The third-order valence-corrected chi connectivity index (χ3v) is 5.22. The lowest BCUT2D eigenvalue weighted by atomic mass is 10.1. The van der Waals surface area contributed by atoms with Gasteiger partial charge < -0.3 is 21.1 Å². The number of hydrogen-bond acceptors (Lipinski definition) is 8. The molecule has 4 N–H and O–H groups in total. The Bertz CT molecular complexity index is 1310. The van der Waals surface area contributed by atoms with Crippen molar-refractivity contribution in [3.8, 4) is 0 Å². The molecule has 17 heteroatoms. The molecule has 2 amide bonds. The molecule has 1 aliphatic heterocycles. The second-order valence-corrected chi connectivity index (χ2v) is 8.48. The summed E-state index contributed by atoms with van der Waals surface area (Å²) in [4.78, 5) is 63.3. The maximum absolute atomic E-state index is 12.4. The third kappa shape index (κ3) is 11.0. The number of aliphatic imine (C=N–C) groups is 1. The fraction of sp³-hybridized carbons (Fsp3) is 0.320. The van der Waals surface area contributed by atoms with Crippen molar-refractivity contribution in [2.45, 2.75) is 37.7 Å². The fourth-order valence-corrected chi connectivity index (χ4v) is 3.32. The number of alkyl halides is 6. The predicted molar refractivity (Wildman–Crippen MR) is 133 cm³/mol. The van der Waals surface area contributed by atoms with E-state index in [0.29, 0.717) is 11.1 Å². The summed E-state index contributed by atoms with van der Waals surface area (Å²) in [6, 6.07) is 9.55. The zero-order chi connectivity index (χ0) is 31.5. The number of aliphatic carboxylic acids is 1. The number of ketones is 2. The number of amides is 2. The van der Waals surface area contributed by atoms with Crippen molar-refractivity contribution in [3.63, 3.8) is 0 Å². The van der Waals surface area contributed by atoms with E-state index < -0.39 is 47.7 Å². The number of aromatic nitrogens is 1. The largest absolute Gasteiger partial charge is 0.481 e. The minimum Gasteiger partial charge on any atom is -0.481 e. The number of carbonyl (C=O) groups is 5. The lowest BCUT2D eigenvalue weighted by Gasteiger charge is -2.17. The first kappa shape index (κ1) is 33.4. The van der Waals surface area contributed by atoms with Gasteiger partial charge >= 0.3 is 29.9 Å². The van der Waals surface area contributed by atoms with Crippen LogP contribution < -0.4 is 16.0 Å². The number of nitrogens with zero attached hydrogens (tertiary/aromatic N) is 2. The summed E-state index contributed by atoms with van der Waals surface area (Å²) in [7, 11) is 0. The van der Waals surface area contributed by atoms with Crippen LogP contribution in [0.3, 0.4) is 0 Å². The van der Waals surface area contributed by atoms with Gasteiger partial charge in [-0.3, -0.25) is 33.9 Å². The average molecular weight is 603 g/mol. The molecule has 1 aromatic heterocycles. The highest BCUT2D eigenvalue weighted by Crippen LogP contribution is 2.24. The Balaban J connectivity index is 0.000000435. The van der Waals surface area contributed by atoms with Crippen LogP contribution in [-0.2, 0) is 19.2 Å². The molecule has 0 saturated heterocycles. The maximum Gasteiger partial charge on any atom is 0.458 e. The summed E-state index contributed by atoms with van der Waals surface area (Å²) < 4.78 is 67.0. The monoisotopic (exact) mass is 603 g/mol. The lowest BCUT2D eigenvalue weighted by molar-refractivity contribution is -0.193. The van der Waals surface area contributed by atoms with Crippen LogP contribution in [-0.4, -0.2) is 70.7 Å². The first-order valence-corrected chi connectivity index (χ1v) is 11.9. The van der Waals surface area contributed by atoms with Crippen LogP contribution in [0, 0.1) is 0 Å². The van der Waals surface area contributed by atoms with E-state index >= 15 is 0 Å². The van der Waals surface area contributed by atoms with Crippen LogP contribution >= 0.6 is 0 Å². The van der Waals surface area contributed by atoms with Crippen LogP contribution in [0.1, 0.15) is 41.2 Å². The summed E-state index contributed by atoms with van der Waals surface area (Å²) in [5.74, 6) is -7.87. The number of hydrogen-bond donors (Lipinski definition) is 4. The highest BCUT2D eigenvalue weighted by molar-refractivity contribution is 6.41. The summed E-state index contributed by atoms with van der Waals surface area (Å²) in [6.07, 6.45) is -6.88. The molecular weight excluding hydrogens is 580 g/mol. The Hall–Kier alpha value is -4.83. The Morgan fingerprint density at radius 1 is 0.952 bits per heavy atom. The van der Waals surface area contributed by atoms with Gasteiger partial charge in [0, 0.05) is 36.6 Å². The van der Waals surface area contributed by atoms with E-state index in [1.54, 1.807) is 36.5 Å². The first-order valence-electron chi connectivity index (χ1n) is 11.9. The van der Waals surface area contributed by atoms with Gasteiger partial charge in [-0.25, -0.2) is 0 Å². The summed E-state index contributed by atoms with van der Waals surface area (Å²) in [5.41, 5.74) is 1.74. The number of pyridine rings is 1. The van der Waals surface area contributed by atoms with Gasteiger partial charge in [-0.2, -0.15) is 26.3 Å². The van der Waals surface area contributed by atoms with Crippen molar-refractivity contribution in [2.24, 2.45) is 4.99 Å². The smallest absolute Gasteiger partial charge is 0.458 e. The van der Waals surface area contributed by atoms with Crippen LogP contribution in [0.15, 0.2) is 53.8 Å². The van der Waals surface area contributed by atoms with E-state index in [0.717, 1.165) is 30.9 Å². The number of rotatable bonds is 9. The van der Waals surface area contributed by atoms with Crippen molar-refractivity contribution < 1.29 is 55.4 Å². The third-order valence-electron chi connectivity index (χ3n) is 5.22. The molecule has 2 aromatic rings. The second-order valence-electron chi connectivity index (χ2n) is 8.48. The van der Waals surface area contributed by atoms with Crippen molar-refractivity contribution in [1.82, 2.24) is 15.6 Å². The Kier molecular flexibility index (Phi) is 11.7. The van der Waals surface area contributed by atoms with Crippen LogP contribution in [0.4, 0.5) is 32.0 Å². The number of carbonyl (C=O) groups excluding carboxylic acids is 4. The highest BCUT2D eigenvalue weighted by Gasteiger charge is 2.54. The number of anilines is 1. The maximum atomic E-state index is 12.4. The molecule has 0 bridgehead atoms. The Morgan fingerprint density at radius 3 is 2.14 bits per heavy atom. The minimum absolute atomic E-state index is 0.278. The summed E-state index contributed by atoms with van der Waals surface area (Å²) in [6.45, 7) is 0.527. The highest BCUT2D eigenvalue weighted by atomic mass is 19.4. The van der Waals surface area contributed by atoms with Crippen LogP contribution in [0.2, 0.25) is 0 Å². The van der Waals surface area contributed by atoms with Crippen molar-refractivity contribution in [1.29, 1.82) is 0 Å². The zero-order valence-electron chi connectivity index (χ0n) is 21.4. The standard InChI is InChI=1S/C21H23N5O4.C4F6O2/c27-19(26-17(11-20(28)29)15-5-2-8-22-12-15)13-24-21(30)14-4-1-6-16(10-14)25-18-7-3-9-23-18;5-3(6,7)1(11)2(12)4(8,9)10/h1-2,4-6,8,10,12,17H,3,7,9,11,13H2,(H,23,25)(H,24,30)(H,26,27)(H,28,29);. The molecule has 0 saturated carbocycles. The zero-order valence-corrected chi connectivity index (χ0v) is 21.4. The van der Waals surface area contributed by atoms with Crippen molar-refractivity contribution in [2.75, 3.05) is 18.4 Å². The number of carboxylic acid groups (broad SMARTS) is 1. The number of benzene rings is 1. The molecule has 1 aliphatic rings. The molecule has 1 unspecified atom stereocenters. The topological polar surface area (TPSA) is 167 Å². The molecule has 1 atom stereocenters. The van der Waals surface area contributed by atoms with Gasteiger partial charge in [0.05, 0.1) is 19.0 Å². The van der Waals surface area contributed by atoms with Gasteiger partial charge in [0.15, 0.2) is 0 Å². The average Bonchev–Trinajstić information content (AvgIpc) is 3.43. The van der Waals surface area contributed by atoms with Gasteiger partial charge in [0.2, 0.25) is 5.91 Å². The number of Topliss-reactive ketones (excluding diaryl/α,β-unsaturated/α-hetero) is 2. The lowest BCUT2D eigenvalue weighted by Crippen LogP contribution is -2.39. The molecule has 0 radical (unpaired) electrons. The molecule has 42 heavy (non-hydrogen) atoms. The van der Waals surface area contributed by atoms with Gasteiger partial charge in [0.1, 0.15) is 5.84 Å².